The summed E-state index contributed by atoms with van der Waals surface area (Å²) in [6, 6.07) is 4.57. The summed E-state index contributed by atoms with van der Waals surface area (Å²) in [6.45, 7) is 0. The second-order valence-electron chi connectivity index (χ2n) is 13.9. The summed E-state index contributed by atoms with van der Waals surface area (Å²) < 4.78 is 115. The van der Waals surface area contributed by atoms with E-state index in [-0.39, 0.29) is 40.7 Å². The normalized spacial score (nSPS) is 21.2. The predicted molar refractivity (Wildman–Crippen MR) is 168 cm³/mol. The van der Waals surface area contributed by atoms with Crippen LogP contribution in [0.5, 0.6) is 5.75 Å². The molecule has 3 fully saturated rings. The Morgan fingerprint density at radius 3 is 1.52 bits per heavy atom. The van der Waals surface area contributed by atoms with Crippen LogP contribution in [0, 0.1) is 0 Å². The molecule has 46 heavy (non-hydrogen) atoms. The number of hydrogen-bond donors (Lipinski definition) is 0. The largest absolute Gasteiger partial charge is 0.744 e. The molecular weight excluding hydrogens is 638 g/mol. The summed E-state index contributed by atoms with van der Waals surface area (Å²) in [6.07, 6.45) is 10.7. The van der Waals surface area contributed by atoms with E-state index in [9.17, 15) is 34.6 Å². The minimum atomic E-state index is -5.50. The lowest BCUT2D eigenvalue weighted by atomic mass is 9.76. The standard InChI is InChI=1S/C35H45F3O6S2/c36-35(37,38)31-22-32(27-18-10-11-19-28(27)34(31)45(39,40)41)44-46(42,43)33-29(24-14-6-2-7-15-24)20-26(23-12-4-1-5-13-23)21-30(33)25-16-8-3-9-17-25/h20-25H,1-19H2,(H,39,40,41)/p-1. The Morgan fingerprint density at radius 2 is 1.07 bits per heavy atom. The molecule has 0 unspecified atom stereocenters. The van der Waals surface area contributed by atoms with E-state index in [1.54, 1.807) is 0 Å². The number of rotatable bonds is 7. The lowest BCUT2D eigenvalue weighted by molar-refractivity contribution is -0.140. The van der Waals surface area contributed by atoms with Crippen LogP contribution in [0.15, 0.2) is 28.0 Å². The van der Waals surface area contributed by atoms with Gasteiger partial charge in [-0.2, -0.15) is 21.6 Å². The number of benzene rings is 2. The summed E-state index contributed by atoms with van der Waals surface area (Å²) >= 11 is 0. The van der Waals surface area contributed by atoms with Crippen LogP contribution in [-0.2, 0) is 39.3 Å². The highest BCUT2D eigenvalue weighted by molar-refractivity contribution is 7.87. The van der Waals surface area contributed by atoms with Gasteiger partial charge in [-0.15, -0.1) is 0 Å². The van der Waals surface area contributed by atoms with Crippen molar-refractivity contribution in [2.24, 2.45) is 0 Å². The zero-order valence-corrected chi connectivity index (χ0v) is 27.9. The van der Waals surface area contributed by atoms with Crippen molar-refractivity contribution < 1.29 is 38.7 Å². The first kappa shape index (κ1) is 33.8. The van der Waals surface area contributed by atoms with Gasteiger partial charge in [-0.05, 0) is 110 Å². The van der Waals surface area contributed by atoms with Crippen LogP contribution >= 0.6 is 0 Å². The molecule has 0 N–H and O–H groups in total. The fourth-order valence-corrected chi connectivity index (χ4v) is 11.2. The van der Waals surface area contributed by atoms with E-state index in [0.717, 1.165) is 101 Å². The molecule has 0 radical (unpaired) electrons. The predicted octanol–water partition coefficient (Wildman–Crippen LogP) is 9.40. The van der Waals surface area contributed by atoms with Crippen molar-refractivity contribution in [3.8, 4) is 5.75 Å². The monoisotopic (exact) mass is 681 g/mol. The van der Waals surface area contributed by atoms with Crippen LogP contribution < -0.4 is 4.18 Å². The topological polar surface area (TPSA) is 101 Å². The van der Waals surface area contributed by atoms with E-state index in [2.05, 4.69) is 12.1 Å². The first-order valence-electron chi connectivity index (χ1n) is 17.2. The third-order valence-electron chi connectivity index (χ3n) is 10.9. The molecular formula is C35H44F3O6S2-. The van der Waals surface area contributed by atoms with E-state index in [1.807, 2.05) is 0 Å². The van der Waals surface area contributed by atoms with Crippen molar-refractivity contribution in [1.82, 2.24) is 0 Å². The molecule has 2 aromatic carbocycles. The van der Waals surface area contributed by atoms with Gasteiger partial charge in [0.1, 0.15) is 20.8 Å². The molecule has 0 saturated heterocycles. The van der Waals surface area contributed by atoms with Gasteiger partial charge in [0.2, 0.25) is 0 Å². The van der Waals surface area contributed by atoms with Crippen molar-refractivity contribution in [3.05, 3.63) is 51.6 Å². The number of hydrogen-bond acceptors (Lipinski definition) is 6. The highest BCUT2D eigenvalue weighted by atomic mass is 32.2. The fourth-order valence-electron chi connectivity index (χ4n) is 8.70. The van der Waals surface area contributed by atoms with Crippen LogP contribution in [0.2, 0.25) is 0 Å². The van der Waals surface area contributed by atoms with Gasteiger partial charge >= 0.3 is 16.3 Å². The van der Waals surface area contributed by atoms with Crippen LogP contribution in [0.1, 0.15) is 160 Å². The summed E-state index contributed by atoms with van der Waals surface area (Å²) in [7, 11) is -10.2. The Hall–Kier alpha value is -2.11. The molecule has 4 aliphatic rings. The third kappa shape index (κ3) is 7.02. The molecule has 0 heterocycles. The smallest absolute Gasteiger partial charge is 0.417 e. The fraction of sp³-hybridized carbons (Fsp3) is 0.657. The molecule has 11 heteroatoms. The molecule has 0 aliphatic heterocycles. The van der Waals surface area contributed by atoms with E-state index in [1.165, 1.54) is 12.0 Å². The highest BCUT2D eigenvalue weighted by Crippen LogP contribution is 2.48. The van der Waals surface area contributed by atoms with Gasteiger partial charge in [0.25, 0.3) is 0 Å². The lowest BCUT2D eigenvalue weighted by Gasteiger charge is -2.32. The molecule has 0 atom stereocenters. The van der Waals surface area contributed by atoms with Crippen molar-refractivity contribution >= 4 is 20.2 Å². The maximum absolute atomic E-state index is 14.7. The molecule has 4 aliphatic carbocycles. The number of halogens is 3. The maximum atomic E-state index is 14.7. The number of fused-ring (bicyclic) bond motifs is 1. The summed E-state index contributed by atoms with van der Waals surface area (Å²) in [5, 5.41) is 0. The van der Waals surface area contributed by atoms with Crippen molar-refractivity contribution in [3.63, 3.8) is 0 Å². The quantitative estimate of drug-likeness (QED) is 0.213. The van der Waals surface area contributed by atoms with Gasteiger partial charge < -0.3 is 8.74 Å². The minimum absolute atomic E-state index is 0.000592. The molecule has 6 nitrogen and oxygen atoms in total. The van der Waals surface area contributed by atoms with Crippen LogP contribution in [0.25, 0.3) is 0 Å². The first-order chi connectivity index (χ1) is 21.8. The van der Waals surface area contributed by atoms with Crippen molar-refractivity contribution in [1.29, 1.82) is 0 Å². The lowest BCUT2D eigenvalue weighted by Crippen LogP contribution is -2.23. The Balaban J connectivity index is 1.55. The Labute approximate surface area is 271 Å². The Morgan fingerprint density at radius 1 is 0.609 bits per heavy atom. The second kappa shape index (κ2) is 13.4. The zero-order chi connectivity index (χ0) is 32.7. The maximum Gasteiger partial charge on any atom is 0.417 e. The number of alkyl halides is 3. The van der Waals surface area contributed by atoms with Gasteiger partial charge in [0.15, 0.2) is 0 Å². The van der Waals surface area contributed by atoms with E-state index in [0.29, 0.717) is 24.8 Å². The van der Waals surface area contributed by atoms with Gasteiger partial charge in [-0.3, -0.25) is 0 Å². The van der Waals surface area contributed by atoms with E-state index in [4.69, 9.17) is 4.18 Å². The summed E-state index contributed by atoms with van der Waals surface area (Å²) in [5.41, 5.74) is 0.755. The van der Waals surface area contributed by atoms with Gasteiger partial charge in [-0.25, -0.2) is 8.42 Å². The van der Waals surface area contributed by atoms with Crippen LogP contribution in [0.3, 0.4) is 0 Å². The molecule has 0 aromatic heterocycles. The van der Waals surface area contributed by atoms with E-state index < -0.39 is 42.6 Å². The Bertz CT molecular complexity index is 1610. The average molecular weight is 682 g/mol. The zero-order valence-electron chi connectivity index (χ0n) is 26.3. The third-order valence-corrected chi connectivity index (χ3v) is 13.2. The first-order valence-corrected chi connectivity index (χ1v) is 20.0. The SMILES string of the molecule is O=S(=O)([O-])c1c(C(F)(F)F)cc(OS(=O)(=O)c2c(C3CCCCC3)cc(C3CCCCC3)cc2C2CCCCC2)c2c1CCCC2. The molecule has 0 amide bonds. The molecule has 6 rings (SSSR count). The van der Waals surface area contributed by atoms with Gasteiger partial charge in [0.05, 0.1) is 10.5 Å². The molecule has 3 saturated carbocycles. The average Bonchev–Trinajstić information content (AvgIpc) is 3.04. The molecule has 0 bridgehead atoms. The minimum Gasteiger partial charge on any atom is -0.744 e. The molecule has 0 spiro atoms. The molecule has 2 aromatic rings. The van der Waals surface area contributed by atoms with E-state index >= 15 is 0 Å². The summed E-state index contributed by atoms with van der Waals surface area (Å²) in [5.74, 6) is -0.171. The molecule has 254 valence electrons. The summed E-state index contributed by atoms with van der Waals surface area (Å²) in [4.78, 5) is -1.20. The van der Waals surface area contributed by atoms with Crippen molar-refractivity contribution in [2.45, 2.75) is 156 Å². The van der Waals surface area contributed by atoms with Crippen LogP contribution in [0.4, 0.5) is 13.2 Å². The second-order valence-corrected chi connectivity index (χ2v) is 16.7. The highest BCUT2D eigenvalue weighted by Gasteiger charge is 2.41. The van der Waals surface area contributed by atoms with Gasteiger partial charge in [-0.1, -0.05) is 69.9 Å². The van der Waals surface area contributed by atoms with Gasteiger partial charge in [0, 0.05) is 5.56 Å². The van der Waals surface area contributed by atoms with Crippen molar-refractivity contribution in [2.75, 3.05) is 0 Å². The Kier molecular flexibility index (Phi) is 9.85. The van der Waals surface area contributed by atoms with Crippen LogP contribution in [-0.4, -0.2) is 21.4 Å².